The normalized spacial score (nSPS) is 16.6. The highest BCUT2D eigenvalue weighted by Gasteiger charge is 2.36. The maximum absolute atomic E-state index is 12.4. The number of halogens is 3. The fourth-order valence-electron chi connectivity index (χ4n) is 1.45. The van der Waals surface area contributed by atoms with Gasteiger partial charge in [-0.05, 0) is 31.0 Å². The molecule has 1 fully saturated rings. The van der Waals surface area contributed by atoms with Crippen LogP contribution in [0.25, 0.3) is 0 Å². The van der Waals surface area contributed by atoms with Crippen molar-refractivity contribution in [1.29, 1.82) is 0 Å². The lowest BCUT2D eigenvalue weighted by Crippen LogP contribution is -2.18. The van der Waals surface area contributed by atoms with E-state index in [0.717, 1.165) is 12.1 Å². The third-order valence-corrected chi connectivity index (χ3v) is 4.45. The van der Waals surface area contributed by atoms with Crippen LogP contribution in [0.15, 0.2) is 18.2 Å². The second kappa shape index (κ2) is 4.04. The Morgan fingerprint density at radius 1 is 1.28 bits per heavy atom. The molecular weight excluding hydrogens is 269 g/mol. The Morgan fingerprint density at radius 3 is 2.33 bits per heavy atom. The van der Waals surface area contributed by atoms with Crippen LogP contribution in [-0.2, 0) is 16.2 Å². The average molecular weight is 280 g/mol. The Labute approximate surface area is 102 Å². The SMILES string of the molecule is Nc1cc(C(F)(F)F)ccc1NS(=O)(=O)C1CC1. The van der Waals surface area contributed by atoms with Gasteiger partial charge < -0.3 is 5.73 Å². The number of benzene rings is 1. The molecule has 18 heavy (non-hydrogen) atoms. The first-order chi connectivity index (χ1) is 8.20. The molecule has 3 N–H and O–H groups in total. The molecule has 0 heterocycles. The Hall–Kier alpha value is -1.44. The molecule has 2 rings (SSSR count). The summed E-state index contributed by atoms with van der Waals surface area (Å²) in [7, 11) is -3.52. The third-order valence-electron chi connectivity index (χ3n) is 2.59. The number of hydrogen-bond acceptors (Lipinski definition) is 3. The van der Waals surface area contributed by atoms with Crippen LogP contribution >= 0.6 is 0 Å². The van der Waals surface area contributed by atoms with E-state index < -0.39 is 27.0 Å². The van der Waals surface area contributed by atoms with Crippen molar-refractivity contribution < 1.29 is 21.6 Å². The molecule has 1 aliphatic rings. The topological polar surface area (TPSA) is 72.2 Å². The zero-order chi connectivity index (χ0) is 13.6. The predicted octanol–water partition coefficient (Wildman–Crippen LogP) is 2.19. The molecule has 0 aromatic heterocycles. The number of hydrogen-bond donors (Lipinski definition) is 2. The van der Waals surface area contributed by atoms with E-state index in [0.29, 0.717) is 18.9 Å². The zero-order valence-corrected chi connectivity index (χ0v) is 9.98. The van der Waals surface area contributed by atoms with Gasteiger partial charge >= 0.3 is 6.18 Å². The van der Waals surface area contributed by atoms with Crippen molar-refractivity contribution in [2.75, 3.05) is 10.5 Å². The number of alkyl halides is 3. The molecule has 0 radical (unpaired) electrons. The first kappa shape index (κ1) is 13.0. The van der Waals surface area contributed by atoms with Gasteiger partial charge in [-0.2, -0.15) is 13.2 Å². The summed E-state index contributed by atoms with van der Waals surface area (Å²) in [5.74, 6) is 0. The van der Waals surface area contributed by atoms with Crippen molar-refractivity contribution in [2.45, 2.75) is 24.3 Å². The summed E-state index contributed by atoms with van der Waals surface area (Å²) in [6.45, 7) is 0. The van der Waals surface area contributed by atoms with Crippen LogP contribution in [-0.4, -0.2) is 13.7 Å². The Morgan fingerprint density at radius 2 is 1.89 bits per heavy atom. The van der Waals surface area contributed by atoms with Gasteiger partial charge in [0.05, 0.1) is 22.2 Å². The summed E-state index contributed by atoms with van der Waals surface area (Å²) in [6.07, 6.45) is -3.37. The Balaban J connectivity index is 2.25. The summed E-state index contributed by atoms with van der Waals surface area (Å²) < 4.78 is 62.6. The molecule has 0 bridgehead atoms. The highest BCUT2D eigenvalue weighted by atomic mass is 32.2. The second-order valence-corrected chi connectivity index (χ2v) is 6.11. The minimum atomic E-state index is -4.50. The van der Waals surface area contributed by atoms with Crippen LogP contribution in [0, 0.1) is 0 Å². The summed E-state index contributed by atoms with van der Waals surface area (Å²) in [5, 5.41) is -0.459. The van der Waals surface area contributed by atoms with Crippen LogP contribution in [0.5, 0.6) is 0 Å². The summed E-state index contributed by atoms with van der Waals surface area (Å²) in [5.41, 5.74) is 4.25. The molecule has 0 aliphatic heterocycles. The van der Waals surface area contributed by atoms with Gasteiger partial charge in [-0.15, -0.1) is 0 Å². The van der Waals surface area contributed by atoms with Crippen molar-refractivity contribution in [3.05, 3.63) is 23.8 Å². The van der Waals surface area contributed by atoms with E-state index >= 15 is 0 Å². The molecule has 4 nitrogen and oxygen atoms in total. The van der Waals surface area contributed by atoms with Gasteiger partial charge in [-0.25, -0.2) is 8.42 Å². The molecular formula is C10H11F3N2O2S. The van der Waals surface area contributed by atoms with Crippen LogP contribution in [0.3, 0.4) is 0 Å². The van der Waals surface area contributed by atoms with E-state index in [4.69, 9.17) is 5.73 Å². The molecule has 1 aromatic carbocycles. The van der Waals surface area contributed by atoms with Crippen LogP contribution in [0.1, 0.15) is 18.4 Å². The molecule has 0 spiro atoms. The number of nitrogens with one attached hydrogen (secondary N) is 1. The first-order valence-corrected chi connectivity index (χ1v) is 6.73. The minimum Gasteiger partial charge on any atom is -0.397 e. The molecule has 0 atom stereocenters. The van der Waals surface area contributed by atoms with Crippen molar-refractivity contribution in [1.82, 2.24) is 0 Å². The number of sulfonamides is 1. The number of rotatable bonds is 3. The molecule has 0 amide bonds. The molecule has 100 valence electrons. The standard InChI is InChI=1S/C10H11F3N2O2S/c11-10(12,13)6-1-4-9(8(14)5-6)15-18(16,17)7-2-3-7/h1,4-5,7,15H,2-3,14H2. The van der Waals surface area contributed by atoms with Crippen molar-refractivity contribution in [3.63, 3.8) is 0 Å². The molecule has 1 saturated carbocycles. The molecule has 0 unspecified atom stereocenters. The highest BCUT2D eigenvalue weighted by Crippen LogP contribution is 2.35. The summed E-state index contributed by atoms with van der Waals surface area (Å²) >= 11 is 0. The van der Waals surface area contributed by atoms with E-state index in [1.807, 2.05) is 0 Å². The summed E-state index contributed by atoms with van der Waals surface area (Å²) in [4.78, 5) is 0. The molecule has 1 aromatic rings. The highest BCUT2D eigenvalue weighted by molar-refractivity contribution is 7.93. The minimum absolute atomic E-state index is 0.0186. The monoisotopic (exact) mass is 280 g/mol. The smallest absolute Gasteiger partial charge is 0.397 e. The first-order valence-electron chi connectivity index (χ1n) is 5.18. The molecule has 1 aliphatic carbocycles. The van der Waals surface area contributed by atoms with Crippen LogP contribution in [0.4, 0.5) is 24.5 Å². The van der Waals surface area contributed by atoms with Crippen molar-refractivity contribution in [3.8, 4) is 0 Å². The number of nitrogens with two attached hydrogens (primary N) is 1. The van der Waals surface area contributed by atoms with E-state index in [9.17, 15) is 21.6 Å². The Kier molecular flexibility index (Phi) is 2.92. The van der Waals surface area contributed by atoms with E-state index in [2.05, 4.69) is 4.72 Å². The fourth-order valence-corrected chi connectivity index (χ4v) is 2.86. The maximum Gasteiger partial charge on any atom is 0.416 e. The van der Waals surface area contributed by atoms with Gasteiger partial charge in [0.15, 0.2) is 0 Å². The number of anilines is 2. The average Bonchev–Trinajstić information content (AvgIpc) is 3.02. The van der Waals surface area contributed by atoms with Crippen molar-refractivity contribution in [2.24, 2.45) is 0 Å². The Bertz CT molecular complexity index is 565. The van der Waals surface area contributed by atoms with Crippen LogP contribution < -0.4 is 10.5 Å². The van der Waals surface area contributed by atoms with Gasteiger partial charge in [0.1, 0.15) is 0 Å². The van der Waals surface area contributed by atoms with Gasteiger partial charge in [0.25, 0.3) is 0 Å². The molecule has 0 saturated heterocycles. The van der Waals surface area contributed by atoms with E-state index in [1.54, 1.807) is 0 Å². The predicted molar refractivity (Wildman–Crippen MR) is 61.4 cm³/mol. The fraction of sp³-hybridized carbons (Fsp3) is 0.400. The van der Waals surface area contributed by atoms with Gasteiger partial charge in [-0.3, -0.25) is 4.72 Å². The molecule has 8 heteroatoms. The lowest BCUT2D eigenvalue weighted by atomic mass is 10.2. The van der Waals surface area contributed by atoms with Crippen LogP contribution in [0.2, 0.25) is 0 Å². The van der Waals surface area contributed by atoms with E-state index in [1.165, 1.54) is 0 Å². The van der Waals surface area contributed by atoms with Gasteiger partial charge in [0.2, 0.25) is 10.0 Å². The maximum atomic E-state index is 12.4. The van der Waals surface area contributed by atoms with Gasteiger partial charge in [-0.1, -0.05) is 0 Å². The lowest BCUT2D eigenvalue weighted by Gasteiger charge is -2.12. The largest absolute Gasteiger partial charge is 0.416 e. The number of nitrogen functional groups attached to an aromatic ring is 1. The van der Waals surface area contributed by atoms with Crippen molar-refractivity contribution >= 4 is 21.4 Å². The van der Waals surface area contributed by atoms with E-state index in [-0.39, 0.29) is 11.4 Å². The third kappa shape index (κ3) is 2.69. The zero-order valence-electron chi connectivity index (χ0n) is 9.16. The quantitative estimate of drug-likeness (QED) is 0.834. The second-order valence-electron chi connectivity index (χ2n) is 4.15. The van der Waals surface area contributed by atoms with Gasteiger partial charge in [0, 0.05) is 0 Å². The summed E-state index contributed by atoms with van der Waals surface area (Å²) in [6, 6.07) is 2.53. The lowest BCUT2D eigenvalue weighted by molar-refractivity contribution is -0.137.